The summed E-state index contributed by atoms with van der Waals surface area (Å²) in [7, 11) is 0. The first-order valence-corrected chi connectivity index (χ1v) is 6.75. The van der Waals surface area contributed by atoms with Gasteiger partial charge in [0.05, 0.1) is 0 Å². The Bertz CT molecular complexity index is 550. The van der Waals surface area contributed by atoms with Gasteiger partial charge < -0.3 is 0 Å². The molecule has 0 radical (unpaired) electrons. The third-order valence-electron chi connectivity index (χ3n) is 3.82. The normalized spacial score (nSPS) is 10.7. The SMILES string of the molecule is CCc1cccc(Cc2ccc(C)cc2C)c1C. The number of rotatable bonds is 3. The van der Waals surface area contributed by atoms with E-state index < -0.39 is 0 Å². The van der Waals surface area contributed by atoms with Gasteiger partial charge in [-0.2, -0.15) is 0 Å². The van der Waals surface area contributed by atoms with Gasteiger partial charge in [0, 0.05) is 0 Å². The second-order valence-electron chi connectivity index (χ2n) is 5.16. The van der Waals surface area contributed by atoms with Crippen molar-refractivity contribution in [3.63, 3.8) is 0 Å². The minimum atomic E-state index is 1.05. The Morgan fingerprint density at radius 1 is 0.833 bits per heavy atom. The van der Waals surface area contributed by atoms with Crippen molar-refractivity contribution in [1.82, 2.24) is 0 Å². The van der Waals surface area contributed by atoms with Gasteiger partial charge >= 0.3 is 0 Å². The smallest absolute Gasteiger partial charge is 0.00204 e. The second-order valence-corrected chi connectivity index (χ2v) is 5.16. The van der Waals surface area contributed by atoms with E-state index >= 15 is 0 Å². The summed E-state index contributed by atoms with van der Waals surface area (Å²) < 4.78 is 0. The maximum Gasteiger partial charge on any atom is -0.00204 e. The van der Waals surface area contributed by atoms with Gasteiger partial charge in [-0.05, 0) is 61.4 Å². The molecule has 0 aliphatic carbocycles. The van der Waals surface area contributed by atoms with Crippen LogP contribution in [0, 0.1) is 20.8 Å². The molecule has 0 spiro atoms. The molecule has 2 aromatic carbocycles. The van der Waals surface area contributed by atoms with E-state index in [0.29, 0.717) is 0 Å². The van der Waals surface area contributed by atoms with E-state index in [1.807, 2.05) is 0 Å². The lowest BCUT2D eigenvalue weighted by molar-refractivity contribution is 1.06. The van der Waals surface area contributed by atoms with Crippen LogP contribution < -0.4 is 0 Å². The molecule has 0 unspecified atom stereocenters. The van der Waals surface area contributed by atoms with Gasteiger partial charge in [-0.15, -0.1) is 0 Å². The largest absolute Gasteiger partial charge is 0.0617 e. The summed E-state index contributed by atoms with van der Waals surface area (Å²) in [6.07, 6.45) is 2.17. The Kier molecular flexibility index (Phi) is 3.86. The van der Waals surface area contributed by atoms with Gasteiger partial charge in [0.25, 0.3) is 0 Å². The maximum atomic E-state index is 2.27. The monoisotopic (exact) mass is 238 g/mol. The second kappa shape index (κ2) is 5.39. The minimum absolute atomic E-state index is 1.05. The molecule has 0 aliphatic heterocycles. The Morgan fingerprint density at radius 2 is 1.56 bits per heavy atom. The van der Waals surface area contributed by atoms with Crippen molar-refractivity contribution in [3.05, 3.63) is 69.8 Å². The average molecular weight is 238 g/mol. The molecular formula is C18H22. The zero-order valence-electron chi connectivity index (χ0n) is 11.9. The van der Waals surface area contributed by atoms with Crippen LogP contribution in [0.4, 0.5) is 0 Å². The zero-order chi connectivity index (χ0) is 13.1. The molecule has 0 saturated carbocycles. The molecular weight excluding hydrogens is 216 g/mol. The molecule has 0 fully saturated rings. The highest BCUT2D eigenvalue weighted by Gasteiger charge is 2.05. The lowest BCUT2D eigenvalue weighted by Crippen LogP contribution is -1.98. The van der Waals surface area contributed by atoms with Crippen LogP contribution >= 0.6 is 0 Å². The van der Waals surface area contributed by atoms with E-state index in [0.717, 1.165) is 12.8 Å². The predicted molar refractivity (Wildman–Crippen MR) is 79.3 cm³/mol. The molecule has 0 N–H and O–H groups in total. The van der Waals surface area contributed by atoms with Gasteiger partial charge in [-0.3, -0.25) is 0 Å². The molecule has 0 bridgehead atoms. The number of aryl methyl sites for hydroxylation is 3. The van der Waals surface area contributed by atoms with Crippen molar-refractivity contribution in [1.29, 1.82) is 0 Å². The topological polar surface area (TPSA) is 0 Å². The molecule has 0 aliphatic rings. The van der Waals surface area contributed by atoms with Crippen LogP contribution in [-0.4, -0.2) is 0 Å². The van der Waals surface area contributed by atoms with Gasteiger partial charge in [0.2, 0.25) is 0 Å². The Balaban J connectivity index is 2.34. The molecule has 0 aromatic heterocycles. The van der Waals surface area contributed by atoms with Crippen LogP contribution in [0.25, 0.3) is 0 Å². The lowest BCUT2D eigenvalue weighted by atomic mass is 9.93. The van der Waals surface area contributed by atoms with Crippen LogP contribution in [0.15, 0.2) is 36.4 Å². The van der Waals surface area contributed by atoms with Crippen LogP contribution in [0.1, 0.15) is 40.3 Å². The zero-order valence-corrected chi connectivity index (χ0v) is 11.9. The van der Waals surface area contributed by atoms with Crippen molar-refractivity contribution in [2.24, 2.45) is 0 Å². The predicted octanol–water partition coefficient (Wildman–Crippen LogP) is 4.77. The van der Waals surface area contributed by atoms with Gasteiger partial charge in [0.1, 0.15) is 0 Å². The first kappa shape index (κ1) is 12.9. The van der Waals surface area contributed by atoms with E-state index in [2.05, 4.69) is 64.1 Å². The standard InChI is InChI=1S/C18H22/c1-5-16-7-6-8-18(15(16)4)12-17-10-9-13(2)11-14(17)3/h6-11H,5,12H2,1-4H3. The number of benzene rings is 2. The van der Waals surface area contributed by atoms with E-state index in [4.69, 9.17) is 0 Å². The summed E-state index contributed by atoms with van der Waals surface area (Å²) in [5.74, 6) is 0. The highest BCUT2D eigenvalue weighted by molar-refractivity contribution is 5.40. The third-order valence-corrected chi connectivity index (χ3v) is 3.82. The molecule has 2 rings (SSSR count). The van der Waals surface area contributed by atoms with Gasteiger partial charge in [-0.1, -0.05) is 48.9 Å². The van der Waals surface area contributed by atoms with Crippen molar-refractivity contribution in [2.75, 3.05) is 0 Å². The molecule has 0 amide bonds. The third kappa shape index (κ3) is 2.64. The Labute approximate surface area is 111 Å². The summed E-state index contributed by atoms with van der Waals surface area (Å²) in [5.41, 5.74) is 8.57. The highest BCUT2D eigenvalue weighted by atomic mass is 14.1. The first-order chi connectivity index (χ1) is 8.61. The Hall–Kier alpha value is -1.56. The average Bonchev–Trinajstić information content (AvgIpc) is 2.35. The molecule has 94 valence electrons. The van der Waals surface area contributed by atoms with Crippen molar-refractivity contribution >= 4 is 0 Å². The van der Waals surface area contributed by atoms with Crippen LogP contribution in [-0.2, 0) is 12.8 Å². The molecule has 2 aromatic rings. The van der Waals surface area contributed by atoms with Crippen molar-refractivity contribution in [3.8, 4) is 0 Å². The maximum absolute atomic E-state index is 2.27. The molecule has 0 nitrogen and oxygen atoms in total. The van der Waals surface area contributed by atoms with Crippen LogP contribution in [0.5, 0.6) is 0 Å². The van der Waals surface area contributed by atoms with Gasteiger partial charge in [0.15, 0.2) is 0 Å². The molecule has 0 atom stereocenters. The summed E-state index contributed by atoms with van der Waals surface area (Å²) in [4.78, 5) is 0. The van der Waals surface area contributed by atoms with Crippen LogP contribution in [0.3, 0.4) is 0 Å². The van der Waals surface area contributed by atoms with E-state index in [1.54, 1.807) is 0 Å². The fourth-order valence-electron chi connectivity index (χ4n) is 2.56. The fraction of sp³-hybridized carbons (Fsp3) is 0.333. The summed E-state index contributed by atoms with van der Waals surface area (Å²) in [6.45, 7) is 8.84. The minimum Gasteiger partial charge on any atom is -0.0617 e. The van der Waals surface area contributed by atoms with Crippen molar-refractivity contribution < 1.29 is 0 Å². The quantitative estimate of drug-likeness (QED) is 0.723. The summed E-state index contributed by atoms with van der Waals surface area (Å²) >= 11 is 0. The molecule has 18 heavy (non-hydrogen) atoms. The van der Waals surface area contributed by atoms with Gasteiger partial charge in [-0.25, -0.2) is 0 Å². The first-order valence-electron chi connectivity index (χ1n) is 6.75. The Morgan fingerprint density at radius 3 is 2.22 bits per heavy atom. The van der Waals surface area contributed by atoms with Crippen LogP contribution in [0.2, 0.25) is 0 Å². The van der Waals surface area contributed by atoms with E-state index in [-0.39, 0.29) is 0 Å². The lowest BCUT2D eigenvalue weighted by Gasteiger charge is -2.12. The summed E-state index contributed by atoms with van der Waals surface area (Å²) in [5, 5.41) is 0. The molecule has 0 heterocycles. The molecule has 0 saturated heterocycles. The van der Waals surface area contributed by atoms with E-state index in [1.165, 1.54) is 33.4 Å². The summed E-state index contributed by atoms with van der Waals surface area (Å²) in [6, 6.07) is 13.4. The number of hydrogen-bond acceptors (Lipinski definition) is 0. The fourth-order valence-corrected chi connectivity index (χ4v) is 2.56. The van der Waals surface area contributed by atoms with E-state index in [9.17, 15) is 0 Å². The van der Waals surface area contributed by atoms with Crippen molar-refractivity contribution in [2.45, 2.75) is 40.5 Å². The number of hydrogen-bond donors (Lipinski definition) is 0. The highest BCUT2D eigenvalue weighted by Crippen LogP contribution is 2.20. The molecule has 0 heteroatoms.